The van der Waals surface area contributed by atoms with Crippen LogP contribution < -0.4 is 11.4 Å². The molecule has 0 atom stereocenters. The van der Waals surface area contributed by atoms with Crippen molar-refractivity contribution in [2.45, 2.75) is 18.9 Å². The number of benzene rings is 1. The molecule has 4 rings (SSSR count). The van der Waals surface area contributed by atoms with Gasteiger partial charge in [0.1, 0.15) is 5.82 Å². The van der Waals surface area contributed by atoms with E-state index in [9.17, 15) is 4.79 Å². The Kier molecular flexibility index (Phi) is 2.13. The fourth-order valence-electron chi connectivity index (χ4n) is 2.66. The first kappa shape index (κ1) is 11.3. The molecule has 3 N–H and O–H groups in total. The third kappa shape index (κ3) is 1.51. The lowest BCUT2D eigenvalue weighted by molar-refractivity contribution is 0.733. The molecule has 0 amide bonds. The standard InChI is InChI=1S/C14H15N5O/c1-18-13(15)10(7-16-18)8-2-5-12-11(6-8)17-14(20)19(12)9-3-4-9/h2,5-7,9H,3-4,15H2,1H3,(H,17,20). The summed E-state index contributed by atoms with van der Waals surface area (Å²) < 4.78 is 3.49. The molecule has 20 heavy (non-hydrogen) atoms. The number of nitrogen functional groups attached to an aromatic ring is 1. The van der Waals surface area contributed by atoms with Gasteiger partial charge < -0.3 is 10.7 Å². The van der Waals surface area contributed by atoms with Crippen molar-refractivity contribution in [2.75, 3.05) is 5.73 Å². The molecule has 1 fully saturated rings. The number of nitrogens with one attached hydrogen (secondary N) is 1. The predicted molar refractivity (Wildman–Crippen MR) is 77.4 cm³/mol. The number of aromatic nitrogens is 4. The fourth-order valence-corrected chi connectivity index (χ4v) is 2.66. The van der Waals surface area contributed by atoms with Crippen LogP contribution in [0.5, 0.6) is 0 Å². The summed E-state index contributed by atoms with van der Waals surface area (Å²) in [6.45, 7) is 0. The number of nitrogens with zero attached hydrogens (tertiary/aromatic N) is 3. The van der Waals surface area contributed by atoms with Crippen LogP contribution in [0.1, 0.15) is 18.9 Å². The Hall–Kier alpha value is -2.50. The van der Waals surface area contributed by atoms with Gasteiger partial charge in [-0.3, -0.25) is 9.25 Å². The first-order chi connectivity index (χ1) is 9.65. The van der Waals surface area contributed by atoms with Crippen molar-refractivity contribution in [3.63, 3.8) is 0 Å². The Morgan fingerprint density at radius 3 is 2.85 bits per heavy atom. The maximum atomic E-state index is 12.0. The molecule has 3 aromatic rings. The average Bonchev–Trinajstić information content (AvgIpc) is 3.13. The predicted octanol–water partition coefficient (Wildman–Crippen LogP) is 1.65. The van der Waals surface area contributed by atoms with Crippen LogP contribution in [0.3, 0.4) is 0 Å². The summed E-state index contributed by atoms with van der Waals surface area (Å²) in [5, 5.41) is 4.15. The van der Waals surface area contributed by atoms with E-state index in [0.29, 0.717) is 11.9 Å². The molecule has 1 aliphatic rings. The number of nitrogens with two attached hydrogens (primary N) is 1. The van der Waals surface area contributed by atoms with Crippen LogP contribution in [0.2, 0.25) is 0 Å². The molecule has 0 saturated heterocycles. The van der Waals surface area contributed by atoms with E-state index >= 15 is 0 Å². The zero-order valence-corrected chi connectivity index (χ0v) is 11.1. The lowest BCUT2D eigenvalue weighted by atomic mass is 10.1. The summed E-state index contributed by atoms with van der Waals surface area (Å²) in [5.74, 6) is 0.619. The van der Waals surface area contributed by atoms with Crippen molar-refractivity contribution < 1.29 is 0 Å². The van der Waals surface area contributed by atoms with Gasteiger partial charge in [0.05, 0.1) is 17.2 Å². The van der Waals surface area contributed by atoms with Crippen molar-refractivity contribution >= 4 is 16.9 Å². The summed E-state index contributed by atoms with van der Waals surface area (Å²) >= 11 is 0. The van der Waals surface area contributed by atoms with Crippen molar-refractivity contribution in [3.05, 3.63) is 34.9 Å². The third-order valence-electron chi connectivity index (χ3n) is 3.92. The number of aromatic amines is 1. The second-order valence-corrected chi connectivity index (χ2v) is 5.33. The first-order valence-electron chi connectivity index (χ1n) is 6.67. The van der Waals surface area contributed by atoms with E-state index in [0.717, 1.165) is 35.0 Å². The first-order valence-corrected chi connectivity index (χ1v) is 6.67. The monoisotopic (exact) mass is 269 g/mol. The van der Waals surface area contributed by atoms with Crippen molar-refractivity contribution in [1.82, 2.24) is 19.3 Å². The highest BCUT2D eigenvalue weighted by Crippen LogP contribution is 2.36. The minimum absolute atomic E-state index is 0.0289. The van der Waals surface area contributed by atoms with Gasteiger partial charge in [-0.15, -0.1) is 0 Å². The van der Waals surface area contributed by atoms with Gasteiger partial charge in [0, 0.05) is 18.7 Å². The van der Waals surface area contributed by atoms with Crippen molar-refractivity contribution in [3.8, 4) is 11.1 Å². The maximum absolute atomic E-state index is 12.0. The molecular weight excluding hydrogens is 254 g/mol. The van der Waals surface area contributed by atoms with Crippen LogP contribution in [-0.4, -0.2) is 19.3 Å². The Balaban J connectivity index is 1.91. The molecular formula is C14H15N5O. The van der Waals surface area contributed by atoms with Gasteiger partial charge in [0.25, 0.3) is 0 Å². The van der Waals surface area contributed by atoms with E-state index in [-0.39, 0.29) is 5.69 Å². The molecule has 2 aromatic heterocycles. The molecule has 1 aromatic carbocycles. The Morgan fingerprint density at radius 1 is 1.40 bits per heavy atom. The second kappa shape index (κ2) is 3.75. The lowest BCUT2D eigenvalue weighted by Gasteiger charge is -2.03. The zero-order valence-electron chi connectivity index (χ0n) is 11.1. The number of rotatable bonds is 2. The topological polar surface area (TPSA) is 81.6 Å². The minimum Gasteiger partial charge on any atom is -0.383 e. The van der Waals surface area contributed by atoms with E-state index in [4.69, 9.17) is 5.73 Å². The largest absolute Gasteiger partial charge is 0.383 e. The highest BCUT2D eigenvalue weighted by atomic mass is 16.1. The van der Waals surface area contributed by atoms with Gasteiger partial charge in [-0.2, -0.15) is 5.10 Å². The molecule has 0 unspecified atom stereocenters. The Labute approximate surface area is 114 Å². The number of hydrogen-bond acceptors (Lipinski definition) is 3. The number of imidazole rings is 1. The smallest absolute Gasteiger partial charge is 0.326 e. The van der Waals surface area contributed by atoms with Gasteiger partial charge in [0.2, 0.25) is 0 Å². The molecule has 6 heteroatoms. The minimum atomic E-state index is -0.0289. The number of hydrogen-bond donors (Lipinski definition) is 2. The van der Waals surface area contributed by atoms with E-state index < -0.39 is 0 Å². The molecule has 102 valence electrons. The molecule has 0 bridgehead atoms. The van der Waals surface area contributed by atoms with Crippen LogP contribution in [0.25, 0.3) is 22.2 Å². The third-order valence-corrected chi connectivity index (χ3v) is 3.92. The van der Waals surface area contributed by atoms with Gasteiger partial charge in [-0.25, -0.2) is 4.79 Å². The molecule has 0 spiro atoms. The summed E-state index contributed by atoms with van der Waals surface area (Å²) in [5.41, 5.74) is 9.63. The van der Waals surface area contributed by atoms with Crippen LogP contribution >= 0.6 is 0 Å². The van der Waals surface area contributed by atoms with Crippen LogP contribution in [0.4, 0.5) is 5.82 Å². The molecule has 6 nitrogen and oxygen atoms in total. The van der Waals surface area contributed by atoms with Gasteiger partial charge in [-0.1, -0.05) is 6.07 Å². The summed E-state index contributed by atoms with van der Waals surface area (Å²) in [7, 11) is 1.81. The van der Waals surface area contributed by atoms with E-state index in [1.165, 1.54) is 0 Å². The number of fused-ring (bicyclic) bond motifs is 1. The maximum Gasteiger partial charge on any atom is 0.326 e. The number of aryl methyl sites for hydroxylation is 1. The molecule has 2 heterocycles. The van der Waals surface area contributed by atoms with Crippen molar-refractivity contribution in [2.24, 2.45) is 7.05 Å². The number of anilines is 1. The summed E-state index contributed by atoms with van der Waals surface area (Å²) in [4.78, 5) is 14.9. The van der Waals surface area contributed by atoms with E-state index in [1.54, 1.807) is 10.9 Å². The van der Waals surface area contributed by atoms with E-state index in [2.05, 4.69) is 10.1 Å². The van der Waals surface area contributed by atoms with Crippen LogP contribution in [0.15, 0.2) is 29.2 Å². The van der Waals surface area contributed by atoms with Gasteiger partial charge in [-0.05, 0) is 30.5 Å². The van der Waals surface area contributed by atoms with Crippen molar-refractivity contribution in [1.29, 1.82) is 0 Å². The summed E-state index contributed by atoms with van der Waals surface area (Å²) in [6.07, 6.45) is 3.92. The molecule has 0 radical (unpaired) electrons. The van der Waals surface area contributed by atoms with Crippen LogP contribution in [-0.2, 0) is 7.05 Å². The highest BCUT2D eigenvalue weighted by molar-refractivity contribution is 5.84. The fraction of sp³-hybridized carbons (Fsp3) is 0.286. The Bertz CT molecular complexity index is 865. The second-order valence-electron chi connectivity index (χ2n) is 5.33. The van der Waals surface area contributed by atoms with Crippen LogP contribution in [0, 0.1) is 0 Å². The van der Waals surface area contributed by atoms with Gasteiger partial charge in [0.15, 0.2) is 0 Å². The molecule has 1 saturated carbocycles. The molecule has 1 aliphatic carbocycles. The quantitative estimate of drug-likeness (QED) is 0.742. The van der Waals surface area contributed by atoms with E-state index in [1.807, 2.05) is 29.8 Å². The average molecular weight is 269 g/mol. The SMILES string of the molecule is Cn1ncc(-c2ccc3c(c2)[nH]c(=O)n3C2CC2)c1N. The lowest BCUT2D eigenvalue weighted by Crippen LogP contribution is -2.14. The van der Waals surface area contributed by atoms with Gasteiger partial charge >= 0.3 is 5.69 Å². The Morgan fingerprint density at radius 2 is 2.20 bits per heavy atom. The summed E-state index contributed by atoms with van der Waals surface area (Å²) in [6, 6.07) is 6.30. The zero-order chi connectivity index (χ0) is 13.9. The highest BCUT2D eigenvalue weighted by Gasteiger charge is 2.27. The number of H-pyrrole nitrogens is 1. The normalized spacial score (nSPS) is 15.1. The molecule has 0 aliphatic heterocycles.